The molecule has 1 aromatic rings. The molecular weight excluding hydrogens is 231 g/mol. The molecule has 4 heteroatoms. The van der Waals surface area contributed by atoms with Crippen molar-refractivity contribution >= 4 is 41.2 Å². The molecule has 1 rings (SSSR count). The average molecular weight is 239 g/mol. The molecule has 0 atom stereocenters. The van der Waals surface area contributed by atoms with Gasteiger partial charge in [0.2, 0.25) is 0 Å². The molecule has 0 unspecified atom stereocenters. The standard InChI is InChI=1S/C8H8Cl3Si/c9-8-3-1-2-7(6-8)4-5-12(10)11/h1-3,6H,4-5H2. The molecule has 0 N–H and O–H groups in total. The predicted molar refractivity (Wildman–Crippen MR) is 57.4 cm³/mol. The van der Waals surface area contributed by atoms with Gasteiger partial charge in [-0.05, 0) is 30.2 Å². The van der Waals surface area contributed by atoms with Crippen LogP contribution in [0, 0.1) is 0 Å². The Hall–Kier alpha value is 0.307. The maximum Gasteiger partial charge on any atom is 0.274 e. The normalized spacial score (nSPS) is 10.7. The lowest BCUT2D eigenvalue weighted by molar-refractivity contribution is 1.13. The van der Waals surface area contributed by atoms with Crippen LogP contribution in [0.1, 0.15) is 5.56 Å². The van der Waals surface area contributed by atoms with Gasteiger partial charge in [-0.15, -0.1) is 22.2 Å². The van der Waals surface area contributed by atoms with Gasteiger partial charge in [0.1, 0.15) is 0 Å². The smallest absolute Gasteiger partial charge is 0.147 e. The highest BCUT2D eigenvalue weighted by Gasteiger charge is 2.03. The van der Waals surface area contributed by atoms with Gasteiger partial charge in [-0.1, -0.05) is 23.7 Å². The molecule has 0 heterocycles. The summed E-state index contributed by atoms with van der Waals surface area (Å²) in [6.07, 6.45) is 0.919. The Kier molecular flexibility index (Phi) is 4.44. The summed E-state index contributed by atoms with van der Waals surface area (Å²) in [5, 5.41) is 0.769. The Bertz CT molecular complexity index is 250. The van der Waals surface area contributed by atoms with Crippen molar-refractivity contribution < 1.29 is 0 Å². The van der Waals surface area contributed by atoms with Crippen molar-refractivity contribution in [2.24, 2.45) is 0 Å². The molecular formula is C8H8Cl3Si. The van der Waals surface area contributed by atoms with E-state index < -0.39 is 7.42 Å². The van der Waals surface area contributed by atoms with Crippen LogP contribution >= 0.6 is 33.8 Å². The van der Waals surface area contributed by atoms with Crippen LogP contribution in [0.25, 0.3) is 0 Å². The number of aryl methyl sites for hydroxylation is 1. The molecule has 65 valence electrons. The van der Waals surface area contributed by atoms with E-state index in [4.69, 9.17) is 33.8 Å². The summed E-state index contributed by atoms with van der Waals surface area (Å²) in [6, 6.07) is 8.64. The first-order valence-corrected chi connectivity index (χ1v) is 7.70. The summed E-state index contributed by atoms with van der Waals surface area (Å²) in [7, 11) is -1.14. The Labute approximate surface area is 88.5 Å². The van der Waals surface area contributed by atoms with Crippen LogP contribution in [0.15, 0.2) is 24.3 Å². The first-order valence-electron chi connectivity index (χ1n) is 3.60. The molecule has 0 aliphatic rings. The fourth-order valence-electron chi connectivity index (χ4n) is 0.931. The van der Waals surface area contributed by atoms with E-state index in [-0.39, 0.29) is 0 Å². The SMILES string of the molecule is Clc1cccc(CC[Si](Cl)Cl)c1. The number of hydrogen-bond donors (Lipinski definition) is 0. The van der Waals surface area contributed by atoms with Gasteiger partial charge >= 0.3 is 0 Å². The van der Waals surface area contributed by atoms with Crippen LogP contribution in [-0.4, -0.2) is 7.42 Å². The van der Waals surface area contributed by atoms with Crippen LogP contribution < -0.4 is 0 Å². The Morgan fingerprint density at radius 1 is 1.25 bits per heavy atom. The highest BCUT2D eigenvalue weighted by molar-refractivity contribution is 7.33. The van der Waals surface area contributed by atoms with Gasteiger partial charge in [0.25, 0.3) is 7.42 Å². The summed E-state index contributed by atoms with van der Waals surface area (Å²) < 4.78 is 0. The zero-order valence-corrected chi connectivity index (χ0v) is 9.63. The highest BCUT2D eigenvalue weighted by atomic mass is 35.7. The van der Waals surface area contributed by atoms with E-state index in [0.717, 1.165) is 17.5 Å². The van der Waals surface area contributed by atoms with E-state index in [9.17, 15) is 0 Å². The lowest BCUT2D eigenvalue weighted by atomic mass is 10.2. The third kappa shape index (κ3) is 3.81. The van der Waals surface area contributed by atoms with E-state index in [1.807, 2.05) is 24.3 Å². The van der Waals surface area contributed by atoms with Gasteiger partial charge in [0.05, 0.1) is 0 Å². The van der Waals surface area contributed by atoms with Crippen LogP contribution in [0.4, 0.5) is 0 Å². The van der Waals surface area contributed by atoms with Crippen molar-refractivity contribution in [1.29, 1.82) is 0 Å². The Balaban J connectivity index is 2.52. The minimum absolute atomic E-state index is 0.769. The summed E-state index contributed by atoms with van der Waals surface area (Å²) in [6.45, 7) is 0. The van der Waals surface area contributed by atoms with Crippen LogP contribution in [-0.2, 0) is 6.42 Å². The summed E-state index contributed by atoms with van der Waals surface area (Å²) >= 11 is 17.2. The van der Waals surface area contributed by atoms with Crippen molar-refractivity contribution in [3.8, 4) is 0 Å². The molecule has 0 fully saturated rings. The third-order valence-electron chi connectivity index (χ3n) is 1.49. The summed E-state index contributed by atoms with van der Waals surface area (Å²) in [4.78, 5) is 0. The monoisotopic (exact) mass is 237 g/mol. The second-order valence-electron chi connectivity index (χ2n) is 2.47. The fraction of sp³-hybridized carbons (Fsp3) is 0.250. The minimum Gasteiger partial charge on any atom is -0.147 e. The lowest BCUT2D eigenvalue weighted by Gasteiger charge is -2.00. The van der Waals surface area contributed by atoms with Crippen molar-refractivity contribution in [3.63, 3.8) is 0 Å². The van der Waals surface area contributed by atoms with Crippen LogP contribution in [0.5, 0.6) is 0 Å². The Morgan fingerprint density at radius 2 is 2.00 bits per heavy atom. The first kappa shape index (κ1) is 10.4. The van der Waals surface area contributed by atoms with Crippen LogP contribution in [0.2, 0.25) is 11.1 Å². The number of benzene rings is 1. The second kappa shape index (κ2) is 5.13. The van der Waals surface area contributed by atoms with Crippen molar-refractivity contribution in [2.75, 3.05) is 0 Å². The summed E-state index contributed by atoms with van der Waals surface area (Å²) in [5.41, 5.74) is 1.20. The third-order valence-corrected chi connectivity index (χ3v) is 3.49. The molecule has 0 amide bonds. The molecule has 0 aliphatic carbocycles. The molecule has 0 bridgehead atoms. The number of rotatable bonds is 3. The molecule has 0 nitrogen and oxygen atoms in total. The van der Waals surface area contributed by atoms with Crippen molar-refractivity contribution in [1.82, 2.24) is 0 Å². The fourth-order valence-corrected chi connectivity index (χ4v) is 2.19. The maximum atomic E-state index is 5.80. The minimum atomic E-state index is -1.14. The van der Waals surface area contributed by atoms with E-state index in [0.29, 0.717) is 0 Å². The predicted octanol–water partition coefficient (Wildman–Crippen LogP) is 3.85. The number of halogens is 3. The quantitative estimate of drug-likeness (QED) is 0.554. The first-order chi connectivity index (χ1) is 5.68. The topological polar surface area (TPSA) is 0 Å². The summed E-state index contributed by atoms with van der Waals surface area (Å²) in [5.74, 6) is 0. The highest BCUT2D eigenvalue weighted by Crippen LogP contribution is 2.14. The van der Waals surface area contributed by atoms with Gasteiger partial charge in [-0.3, -0.25) is 0 Å². The van der Waals surface area contributed by atoms with Gasteiger partial charge in [-0.2, -0.15) is 0 Å². The molecule has 0 aliphatic heterocycles. The second-order valence-corrected chi connectivity index (χ2v) is 7.40. The average Bonchev–Trinajstić information content (AvgIpc) is 2.01. The van der Waals surface area contributed by atoms with Gasteiger partial charge in [0.15, 0.2) is 0 Å². The van der Waals surface area contributed by atoms with E-state index >= 15 is 0 Å². The molecule has 1 radical (unpaired) electrons. The molecule has 0 saturated heterocycles. The zero-order chi connectivity index (χ0) is 8.97. The van der Waals surface area contributed by atoms with Crippen molar-refractivity contribution in [3.05, 3.63) is 34.9 Å². The van der Waals surface area contributed by atoms with Crippen molar-refractivity contribution in [2.45, 2.75) is 12.5 Å². The maximum absolute atomic E-state index is 5.80. The molecule has 12 heavy (non-hydrogen) atoms. The molecule has 0 spiro atoms. The molecule has 0 aromatic heterocycles. The van der Waals surface area contributed by atoms with Gasteiger partial charge in [0, 0.05) is 5.02 Å². The lowest BCUT2D eigenvalue weighted by Crippen LogP contribution is -1.94. The largest absolute Gasteiger partial charge is 0.274 e. The van der Waals surface area contributed by atoms with Crippen LogP contribution in [0.3, 0.4) is 0 Å². The van der Waals surface area contributed by atoms with E-state index in [2.05, 4.69) is 0 Å². The van der Waals surface area contributed by atoms with E-state index in [1.54, 1.807) is 0 Å². The van der Waals surface area contributed by atoms with Gasteiger partial charge in [-0.25, -0.2) is 0 Å². The Morgan fingerprint density at radius 3 is 2.58 bits per heavy atom. The van der Waals surface area contributed by atoms with Gasteiger partial charge < -0.3 is 0 Å². The number of hydrogen-bond acceptors (Lipinski definition) is 0. The molecule has 0 saturated carbocycles. The molecule has 1 aromatic carbocycles. The van der Waals surface area contributed by atoms with E-state index in [1.165, 1.54) is 5.56 Å². The zero-order valence-electron chi connectivity index (χ0n) is 6.36.